The fraction of sp³-hybridized carbons (Fsp3) is 0.238. The van der Waals surface area contributed by atoms with Gasteiger partial charge in [0.25, 0.3) is 5.91 Å². The number of anilines is 1. The zero-order valence-corrected chi connectivity index (χ0v) is 15.4. The Hall–Kier alpha value is -3.48. The summed E-state index contributed by atoms with van der Waals surface area (Å²) in [5, 5.41) is 2.67. The second kappa shape index (κ2) is 8.47. The van der Waals surface area contributed by atoms with Crippen molar-refractivity contribution in [1.29, 1.82) is 0 Å². The predicted octanol–water partition coefficient (Wildman–Crippen LogP) is 2.42. The van der Waals surface area contributed by atoms with Gasteiger partial charge in [0.15, 0.2) is 0 Å². The molecule has 1 aliphatic rings. The number of rotatable bonds is 6. The Bertz CT molecular complexity index is 938. The van der Waals surface area contributed by atoms with Gasteiger partial charge in [0.1, 0.15) is 0 Å². The van der Waals surface area contributed by atoms with E-state index >= 15 is 0 Å². The van der Waals surface area contributed by atoms with Crippen molar-refractivity contribution in [3.63, 3.8) is 0 Å². The largest absolute Gasteiger partial charge is 0.462 e. The molecular weight excluding hydrogens is 360 g/mol. The molecule has 1 heterocycles. The van der Waals surface area contributed by atoms with Gasteiger partial charge in [0, 0.05) is 24.2 Å². The third-order valence-electron chi connectivity index (χ3n) is 4.36. The monoisotopic (exact) mass is 380 g/mol. The van der Waals surface area contributed by atoms with E-state index in [-0.39, 0.29) is 43.7 Å². The first-order chi connectivity index (χ1) is 13.5. The van der Waals surface area contributed by atoms with Crippen LogP contribution in [-0.4, -0.2) is 41.7 Å². The minimum absolute atomic E-state index is 0.00456. The van der Waals surface area contributed by atoms with E-state index in [2.05, 4.69) is 5.32 Å². The van der Waals surface area contributed by atoms with Crippen molar-refractivity contribution in [2.24, 2.45) is 0 Å². The molecule has 7 nitrogen and oxygen atoms in total. The third-order valence-corrected chi connectivity index (χ3v) is 4.36. The van der Waals surface area contributed by atoms with Gasteiger partial charge in [-0.05, 0) is 36.8 Å². The van der Waals surface area contributed by atoms with Crippen molar-refractivity contribution in [2.45, 2.75) is 19.8 Å². The summed E-state index contributed by atoms with van der Waals surface area (Å²) >= 11 is 0. The van der Waals surface area contributed by atoms with Crippen molar-refractivity contribution < 1.29 is 23.9 Å². The Labute approximate surface area is 162 Å². The van der Waals surface area contributed by atoms with Gasteiger partial charge in [-0.25, -0.2) is 4.79 Å². The van der Waals surface area contributed by atoms with E-state index in [9.17, 15) is 19.2 Å². The number of hydrogen-bond acceptors (Lipinski definition) is 5. The summed E-state index contributed by atoms with van der Waals surface area (Å²) in [5.41, 5.74) is 1.97. The van der Waals surface area contributed by atoms with Gasteiger partial charge >= 0.3 is 5.97 Å². The molecule has 0 radical (unpaired) electrons. The zero-order valence-electron chi connectivity index (χ0n) is 15.4. The Kier molecular flexibility index (Phi) is 5.84. The second-order valence-electron chi connectivity index (χ2n) is 6.28. The molecule has 3 rings (SSSR count). The maximum atomic E-state index is 12.5. The van der Waals surface area contributed by atoms with Crippen LogP contribution in [0, 0.1) is 0 Å². The van der Waals surface area contributed by atoms with E-state index in [1.807, 2.05) is 0 Å². The molecule has 3 amide bonds. The molecule has 2 aromatic carbocycles. The minimum atomic E-state index is -0.471. The van der Waals surface area contributed by atoms with Crippen LogP contribution in [0.5, 0.6) is 0 Å². The molecule has 0 fully saturated rings. The lowest BCUT2D eigenvalue weighted by Crippen LogP contribution is -2.43. The summed E-state index contributed by atoms with van der Waals surface area (Å²) in [5.74, 6) is -1.54. The van der Waals surface area contributed by atoms with Gasteiger partial charge in [-0.1, -0.05) is 24.3 Å². The number of esters is 1. The van der Waals surface area contributed by atoms with Crippen molar-refractivity contribution >= 4 is 29.4 Å². The van der Waals surface area contributed by atoms with E-state index in [0.29, 0.717) is 22.4 Å². The third kappa shape index (κ3) is 4.25. The molecule has 0 atom stereocenters. The van der Waals surface area contributed by atoms with Gasteiger partial charge in [-0.3, -0.25) is 19.3 Å². The molecule has 0 aromatic heterocycles. The van der Waals surface area contributed by atoms with E-state index in [1.165, 1.54) is 6.07 Å². The maximum absolute atomic E-state index is 12.5. The van der Waals surface area contributed by atoms with Crippen LogP contribution in [0.4, 0.5) is 5.69 Å². The van der Waals surface area contributed by atoms with E-state index < -0.39 is 5.97 Å². The van der Waals surface area contributed by atoms with Gasteiger partial charge < -0.3 is 10.1 Å². The van der Waals surface area contributed by atoms with Crippen LogP contribution in [0.15, 0.2) is 48.5 Å². The molecule has 1 N–H and O–H groups in total. The van der Waals surface area contributed by atoms with Gasteiger partial charge in [-0.15, -0.1) is 0 Å². The zero-order chi connectivity index (χ0) is 20.1. The summed E-state index contributed by atoms with van der Waals surface area (Å²) in [6, 6.07) is 13.4. The number of carbonyl (C=O) groups excluding carboxylic acids is 4. The Morgan fingerprint density at radius 2 is 1.89 bits per heavy atom. The normalized spacial score (nSPS) is 13.1. The summed E-state index contributed by atoms with van der Waals surface area (Å²) < 4.78 is 4.93. The smallest absolute Gasteiger partial charge is 0.338 e. The number of nitrogens with zero attached hydrogens (tertiary/aromatic N) is 1. The standard InChI is InChI=1S/C21H20N2O5/c1-2-28-21(27)15-7-5-8-16(12-15)22-18(24)10-11-23-19(25)13-14-6-3-4-9-17(14)20(23)26/h3-9,12H,2,10-11,13H2,1H3,(H,22,24). The number of nitrogens with one attached hydrogen (secondary N) is 1. The van der Waals surface area contributed by atoms with Crippen molar-refractivity contribution in [1.82, 2.24) is 4.90 Å². The second-order valence-corrected chi connectivity index (χ2v) is 6.28. The van der Waals surface area contributed by atoms with E-state index in [0.717, 1.165) is 4.90 Å². The van der Waals surface area contributed by atoms with Crippen molar-refractivity contribution in [3.05, 3.63) is 65.2 Å². The average Bonchev–Trinajstić information content (AvgIpc) is 2.68. The summed E-state index contributed by atoms with van der Waals surface area (Å²) in [4.78, 5) is 49.9. The SMILES string of the molecule is CCOC(=O)c1cccc(NC(=O)CCN2C(=O)Cc3ccccc3C2=O)c1. The molecule has 1 aliphatic heterocycles. The first kappa shape index (κ1) is 19.3. The topological polar surface area (TPSA) is 92.8 Å². The van der Waals surface area contributed by atoms with E-state index in [1.54, 1.807) is 49.4 Å². The fourth-order valence-corrected chi connectivity index (χ4v) is 3.00. The number of amides is 3. The first-order valence-electron chi connectivity index (χ1n) is 8.99. The van der Waals surface area contributed by atoms with Crippen LogP contribution in [0.1, 0.15) is 39.6 Å². The van der Waals surface area contributed by atoms with Crippen LogP contribution < -0.4 is 5.32 Å². The first-order valence-corrected chi connectivity index (χ1v) is 8.99. The summed E-state index contributed by atoms with van der Waals surface area (Å²) in [6.45, 7) is 1.97. The Balaban J connectivity index is 1.60. The van der Waals surface area contributed by atoms with Crippen LogP contribution in [0.25, 0.3) is 0 Å². The summed E-state index contributed by atoms with van der Waals surface area (Å²) in [6.07, 6.45) is 0.106. The van der Waals surface area contributed by atoms with Crippen LogP contribution in [0.3, 0.4) is 0 Å². The number of carbonyl (C=O) groups is 4. The highest BCUT2D eigenvalue weighted by atomic mass is 16.5. The highest BCUT2D eigenvalue weighted by molar-refractivity contribution is 6.10. The Morgan fingerprint density at radius 1 is 1.11 bits per heavy atom. The molecule has 28 heavy (non-hydrogen) atoms. The predicted molar refractivity (Wildman–Crippen MR) is 102 cm³/mol. The maximum Gasteiger partial charge on any atom is 0.338 e. The molecular formula is C21H20N2O5. The van der Waals surface area contributed by atoms with Crippen molar-refractivity contribution in [2.75, 3.05) is 18.5 Å². The highest BCUT2D eigenvalue weighted by Crippen LogP contribution is 2.20. The lowest BCUT2D eigenvalue weighted by Gasteiger charge is -2.26. The number of hydrogen-bond donors (Lipinski definition) is 1. The van der Waals surface area contributed by atoms with Crippen molar-refractivity contribution in [3.8, 4) is 0 Å². The lowest BCUT2D eigenvalue weighted by molar-refractivity contribution is -0.128. The molecule has 0 saturated heterocycles. The number of benzene rings is 2. The van der Waals surface area contributed by atoms with E-state index in [4.69, 9.17) is 4.74 Å². The lowest BCUT2D eigenvalue weighted by atomic mass is 9.98. The number of fused-ring (bicyclic) bond motifs is 1. The molecule has 0 unspecified atom stereocenters. The van der Waals surface area contributed by atoms with Crippen LogP contribution in [0.2, 0.25) is 0 Å². The van der Waals surface area contributed by atoms with Gasteiger partial charge in [0.05, 0.1) is 18.6 Å². The molecule has 0 bridgehead atoms. The molecule has 0 aliphatic carbocycles. The Morgan fingerprint density at radius 3 is 2.68 bits per heavy atom. The fourth-order valence-electron chi connectivity index (χ4n) is 3.00. The quantitative estimate of drug-likeness (QED) is 0.614. The van der Waals surface area contributed by atoms with Crippen LogP contribution in [-0.2, 0) is 20.7 Å². The van der Waals surface area contributed by atoms with Gasteiger partial charge in [0.2, 0.25) is 11.8 Å². The molecule has 2 aromatic rings. The van der Waals surface area contributed by atoms with Crippen LogP contribution >= 0.6 is 0 Å². The number of imide groups is 1. The highest BCUT2D eigenvalue weighted by Gasteiger charge is 2.30. The number of ether oxygens (including phenoxy) is 1. The molecule has 144 valence electrons. The minimum Gasteiger partial charge on any atom is -0.462 e. The molecule has 0 spiro atoms. The molecule has 0 saturated carbocycles. The van der Waals surface area contributed by atoms with Gasteiger partial charge in [-0.2, -0.15) is 0 Å². The summed E-state index contributed by atoms with van der Waals surface area (Å²) in [7, 11) is 0. The molecule has 7 heteroatoms. The average molecular weight is 380 g/mol.